The molecule has 0 saturated heterocycles. The number of anilines is 1. The van der Waals surface area contributed by atoms with Gasteiger partial charge in [0.1, 0.15) is 5.69 Å². The molecule has 5 nitrogen and oxygen atoms in total. The number of hydrogen-bond donors (Lipinski definition) is 2. The minimum atomic E-state index is -0.148. The lowest BCUT2D eigenvalue weighted by Gasteiger charge is -2.18. The number of aryl methyl sites for hydroxylation is 1. The van der Waals surface area contributed by atoms with Crippen LogP contribution in [0.3, 0.4) is 0 Å². The highest BCUT2D eigenvalue weighted by atomic mass is 16.2. The number of nitrogens with one attached hydrogen (secondary N) is 2. The Balaban J connectivity index is 2.17. The summed E-state index contributed by atoms with van der Waals surface area (Å²) < 4.78 is 1.71. The van der Waals surface area contributed by atoms with Crippen molar-refractivity contribution in [1.29, 1.82) is 0 Å². The van der Waals surface area contributed by atoms with Crippen LogP contribution in [0.1, 0.15) is 42.4 Å². The number of amides is 1. The Morgan fingerprint density at radius 3 is 2.81 bits per heavy atom. The van der Waals surface area contributed by atoms with Crippen LogP contribution in [0.5, 0.6) is 0 Å². The molecule has 0 bridgehead atoms. The van der Waals surface area contributed by atoms with Crippen LogP contribution >= 0.6 is 0 Å². The topological polar surface area (TPSA) is 58.9 Å². The summed E-state index contributed by atoms with van der Waals surface area (Å²) in [5.74, 6) is -0.148. The molecule has 0 radical (unpaired) electrons. The van der Waals surface area contributed by atoms with E-state index in [0.717, 1.165) is 24.2 Å². The van der Waals surface area contributed by atoms with E-state index in [9.17, 15) is 4.79 Å². The summed E-state index contributed by atoms with van der Waals surface area (Å²) >= 11 is 0. The van der Waals surface area contributed by atoms with Gasteiger partial charge in [0.25, 0.3) is 5.91 Å². The van der Waals surface area contributed by atoms with Crippen molar-refractivity contribution in [1.82, 2.24) is 14.9 Å². The van der Waals surface area contributed by atoms with Crippen LogP contribution < -0.4 is 10.6 Å². The predicted molar refractivity (Wildman–Crippen MR) is 84.3 cm³/mol. The maximum atomic E-state index is 12.3. The zero-order valence-electron chi connectivity index (χ0n) is 12.8. The highest BCUT2D eigenvalue weighted by molar-refractivity contribution is 6.03. The fourth-order valence-corrected chi connectivity index (χ4v) is 2.22. The van der Waals surface area contributed by atoms with E-state index in [1.807, 2.05) is 24.3 Å². The zero-order chi connectivity index (χ0) is 15.2. The lowest BCUT2D eigenvalue weighted by Crippen LogP contribution is -2.22. The average molecular weight is 286 g/mol. The fraction of sp³-hybridized carbons (Fsp3) is 0.375. The number of rotatable bonds is 6. The third kappa shape index (κ3) is 3.70. The largest absolute Gasteiger partial charge is 0.330 e. The number of benzene rings is 1. The number of hydrogen-bond acceptors (Lipinski definition) is 3. The predicted octanol–water partition coefficient (Wildman–Crippen LogP) is 2.73. The molecular formula is C16H22N4O. The second kappa shape index (κ2) is 7.04. The summed E-state index contributed by atoms with van der Waals surface area (Å²) in [7, 11) is 1.80. The van der Waals surface area contributed by atoms with E-state index in [1.165, 1.54) is 0 Å². The Morgan fingerprint density at radius 1 is 1.38 bits per heavy atom. The Bertz CT molecular complexity index is 606. The van der Waals surface area contributed by atoms with Gasteiger partial charge in [0.2, 0.25) is 0 Å². The fourth-order valence-electron chi connectivity index (χ4n) is 2.22. The van der Waals surface area contributed by atoms with E-state index in [1.54, 1.807) is 24.1 Å². The van der Waals surface area contributed by atoms with Gasteiger partial charge >= 0.3 is 0 Å². The first-order valence-electron chi connectivity index (χ1n) is 7.23. The van der Waals surface area contributed by atoms with Crippen LogP contribution in [0.4, 0.5) is 5.69 Å². The van der Waals surface area contributed by atoms with Crippen LogP contribution in [0.25, 0.3) is 0 Å². The van der Waals surface area contributed by atoms with E-state index < -0.39 is 0 Å². The molecule has 1 amide bonds. The van der Waals surface area contributed by atoms with Crippen LogP contribution in [0.2, 0.25) is 0 Å². The van der Waals surface area contributed by atoms with Crippen LogP contribution in [-0.4, -0.2) is 22.0 Å². The summed E-state index contributed by atoms with van der Waals surface area (Å²) in [4.78, 5) is 16.3. The summed E-state index contributed by atoms with van der Waals surface area (Å²) in [5, 5.41) is 6.41. The van der Waals surface area contributed by atoms with E-state index >= 15 is 0 Å². The molecule has 1 unspecified atom stereocenters. The highest BCUT2D eigenvalue weighted by Crippen LogP contribution is 2.23. The highest BCUT2D eigenvalue weighted by Gasteiger charge is 2.14. The number of aromatic nitrogens is 2. The van der Waals surface area contributed by atoms with Gasteiger partial charge < -0.3 is 15.2 Å². The molecule has 0 saturated carbocycles. The molecule has 1 aromatic heterocycles. The van der Waals surface area contributed by atoms with Gasteiger partial charge in [-0.15, -0.1) is 0 Å². The Kier molecular flexibility index (Phi) is 5.11. The zero-order valence-corrected chi connectivity index (χ0v) is 12.8. The van der Waals surface area contributed by atoms with Crippen molar-refractivity contribution in [2.24, 2.45) is 7.05 Å². The molecule has 1 aromatic carbocycles. The van der Waals surface area contributed by atoms with Crippen LogP contribution in [0, 0.1) is 0 Å². The summed E-state index contributed by atoms with van der Waals surface area (Å²) in [6.07, 6.45) is 4.26. The van der Waals surface area contributed by atoms with Crippen molar-refractivity contribution in [2.45, 2.75) is 26.3 Å². The summed E-state index contributed by atoms with van der Waals surface area (Å²) in [6, 6.07) is 8.06. The second-order valence-corrected chi connectivity index (χ2v) is 5.11. The molecule has 112 valence electrons. The van der Waals surface area contributed by atoms with E-state index in [-0.39, 0.29) is 11.9 Å². The van der Waals surface area contributed by atoms with Crippen LogP contribution in [-0.2, 0) is 7.05 Å². The molecule has 1 heterocycles. The lowest BCUT2D eigenvalue weighted by atomic mass is 10.1. The number of imidazole rings is 1. The number of para-hydroxylation sites is 1. The SMILES string of the molecule is CCCNC(C)c1ccccc1NC(=O)c1cncn1C. The van der Waals surface area contributed by atoms with E-state index in [4.69, 9.17) is 0 Å². The van der Waals surface area contributed by atoms with Gasteiger partial charge in [-0.25, -0.2) is 4.98 Å². The van der Waals surface area contributed by atoms with E-state index in [2.05, 4.69) is 29.5 Å². The Morgan fingerprint density at radius 2 is 2.14 bits per heavy atom. The molecule has 21 heavy (non-hydrogen) atoms. The maximum absolute atomic E-state index is 12.3. The molecule has 0 aliphatic carbocycles. The maximum Gasteiger partial charge on any atom is 0.273 e. The van der Waals surface area contributed by atoms with Gasteiger partial charge in [-0.2, -0.15) is 0 Å². The molecule has 1 atom stereocenters. The average Bonchev–Trinajstić information content (AvgIpc) is 2.91. The quantitative estimate of drug-likeness (QED) is 0.858. The standard InChI is InChI=1S/C16H22N4O/c1-4-9-18-12(2)13-7-5-6-8-14(13)19-16(21)15-10-17-11-20(15)3/h5-8,10-12,18H,4,9H2,1-3H3,(H,19,21). The first-order valence-corrected chi connectivity index (χ1v) is 7.23. The van der Waals surface area contributed by atoms with Crippen LogP contribution in [0.15, 0.2) is 36.8 Å². The monoisotopic (exact) mass is 286 g/mol. The second-order valence-electron chi connectivity index (χ2n) is 5.11. The normalized spacial score (nSPS) is 12.1. The van der Waals surface area contributed by atoms with Gasteiger partial charge in [0.05, 0.1) is 12.5 Å². The molecule has 2 rings (SSSR count). The minimum absolute atomic E-state index is 0.148. The Labute approximate surface area is 125 Å². The molecule has 2 aromatic rings. The van der Waals surface area contributed by atoms with Crippen molar-refractivity contribution in [3.63, 3.8) is 0 Å². The molecule has 5 heteroatoms. The van der Waals surface area contributed by atoms with Gasteiger partial charge in [-0.05, 0) is 31.5 Å². The molecule has 0 spiro atoms. The van der Waals surface area contributed by atoms with Gasteiger partial charge in [0.15, 0.2) is 0 Å². The molecule has 0 aliphatic heterocycles. The van der Waals surface area contributed by atoms with Crippen molar-refractivity contribution in [3.8, 4) is 0 Å². The minimum Gasteiger partial charge on any atom is -0.330 e. The summed E-state index contributed by atoms with van der Waals surface area (Å²) in [6.45, 7) is 5.19. The van der Waals surface area contributed by atoms with Gasteiger partial charge in [-0.1, -0.05) is 25.1 Å². The smallest absolute Gasteiger partial charge is 0.273 e. The number of nitrogens with zero attached hydrogens (tertiary/aromatic N) is 2. The van der Waals surface area contributed by atoms with Crippen molar-refractivity contribution in [2.75, 3.05) is 11.9 Å². The number of carbonyl (C=O) groups excluding carboxylic acids is 1. The molecule has 0 fully saturated rings. The first kappa shape index (κ1) is 15.3. The third-order valence-corrected chi connectivity index (χ3v) is 3.43. The van der Waals surface area contributed by atoms with Crippen molar-refractivity contribution >= 4 is 11.6 Å². The van der Waals surface area contributed by atoms with Gasteiger partial charge in [0, 0.05) is 18.8 Å². The molecule has 2 N–H and O–H groups in total. The summed E-state index contributed by atoms with van der Waals surface area (Å²) in [5.41, 5.74) is 2.46. The first-order chi connectivity index (χ1) is 10.1. The molecule has 0 aliphatic rings. The number of carbonyl (C=O) groups is 1. The van der Waals surface area contributed by atoms with Gasteiger partial charge in [-0.3, -0.25) is 4.79 Å². The Hall–Kier alpha value is -2.14. The van der Waals surface area contributed by atoms with Crippen molar-refractivity contribution < 1.29 is 4.79 Å². The third-order valence-electron chi connectivity index (χ3n) is 3.43. The molecular weight excluding hydrogens is 264 g/mol. The lowest BCUT2D eigenvalue weighted by molar-refractivity contribution is 0.101. The van der Waals surface area contributed by atoms with E-state index in [0.29, 0.717) is 5.69 Å². The van der Waals surface area contributed by atoms with Crippen molar-refractivity contribution in [3.05, 3.63) is 48.0 Å².